The molecule has 1 heterocycles. The molecule has 0 saturated heterocycles. The molecule has 3 aromatic rings. The maximum Gasteiger partial charge on any atom is 0.112 e. The van der Waals surface area contributed by atoms with E-state index in [0.717, 1.165) is 25.8 Å². The van der Waals surface area contributed by atoms with E-state index in [1.807, 2.05) is 6.20 Å². The zero-order valence-corrected chi connectivity index (χ0v) is 28.2. The summed E-state index contributed by atoms with van der Waals surface area (Å²) in [5.74, 6) is 1.65. The molecule has 3 rings (SSSR count). The van der Waals surface area contributed by atoms with Crippen LogP contribution in [0.4, 0.5) is 0 Å². The van der Waals surface area contributed by atoms with Gasteiger partial charge in [-0.2, -0.15) is 0 Å². The van der Waals surface area contributed by atoms with Crippen molar-refractivity contribution in [2.24, 2.45) is 0 Å². The predicted molar refractivity (Wildman–Crippen MR) is 188 cm³/mol. The molecule has 0 aliphatic rings. The van der Waals surface area contributed by atoms with E-state index in [1.54, 1.807) is 0 Å². The van der Waals surface area contributed by atoms with Gasteiger partial charge in [0.25, 0.3) is 0 Å². The molecule has 0 aliphatic carbocycles. The van der Waals surface area contributed by atoms with Gasteiger partial charge in [0.05, 0.1) is 0 Å². The van der Waals surface area contributed by atoms with Crippen molar-refractivity contribution in [3.63, 3.8) is 0 Å². The highest BCUT2D eigenvalue weighted by Crippen LogP contribution is 2.44. The third kappa shape index (κ3) is 12.7. The molecule has 2 nitrogen and oxygen atoms in total. The number of hydrogen-bond donors (Lipinski definition) is 0. The summed E-state index contributed by atoms with van der Waals surface area (Å²) in [6.45, 7) is 8.19. The van der Waals surface area contributed by atoms with Crippen molar-refractivity contribution in [3.05, 3.63) is 90.0 Å². The summed E-state index contributed by atoms with van der Waals surface area (Å²) in [4.78, 5) is 5.03. The van der Waals surface area contributed by atoms with E-state index in [0.29, 0.717) is 5.92 Å². The molecule has 1 aromatic heterocycles. The van der Waals surface area contributed by atoms with Gasteiger partial charge in [0, 0.05) is 30.3 Å². The molecule has 0 fully saturated rings. The molecule has 0 spiro atoms. The predicted octanol–water partition coefficient (Wildman–Crippen LogP) is 12.6. The molecular weight excluding hydrogens is 520 g/mol. The SMILES string of the molecule is CCCCCCCCCCCCCCCCCCCn1ccnc1C(CCC)C(C)(Cc1ccccc1)c1ccccc1. The zero-order valence-electron chi connectivity index (χ0n) is 28.2. The summed E-state index contributed by atoms with van der Waals surface area (Å²) < 4.78 is 2.48. The molecule has 2 heteroatoms. The van der Waals surface area contributed by atoms with Crippen LogP contribution in [0.5, 0.6) is 0 Å². The van der Waals surface area contributed by atoms with Gasteiger partial charge >= 0.3 is 0 Å². The van der Waals surface area contributed by atoms with Crippen molar-refractivity contribution in [2.45, 2.75) is 167 Å². The smallest absolute Gasteiger partial charge is 0.112 e. The van der Waals surface area contributed by atoms with Gasteiger partial charge in [-0.15, -0.1) is 0 Å². The molecule has 0 saturated carbocycles. The highest BCUT2D eigenvalue weighted by Gasteiger charge is 2.38. The Morgan fingerprint density at radius 3 is 1.60 bits per heavy atom. The van der Waals surface area contributed by atoms with E-state index in [1.165, 1.54) is 126 Å². The number of aromatic nitrogens is 2. The van der Waals surface area contributed by atoms with Gasteiger partial charge in [-0.25, -0.2) is 4.98 Å². The summed E-state index contributed by atoms with van der Waals surface area (Å²) in [5.41, 5.74) is 2.81. The minimum atomic E-state index is -0.0179. The number of hydrogen-bond acceptors (Lipinski definition) is 1. The molecule has 0 N–H and O–H groups in total. The van der Waals surface area contributed by atoms with Gasteiger partial charge in [-0.05, 0) is 30.4 Å². The van der Waals surface area contributed by atoms with E-state index < -0.39 is 0 Å². The molecule has 0 bridgehead atoms. The zero-order chi connectivity index (χ0) is 30.4. The lowest BCUT2D eigenvalue weighted by molar-refractivity contribution is 0.328. The Kier molecular flexibility index (Phi) is 17.5. The Morgan fingerprint density at radius 1 is 0.605 bits per heavy atom. The van der Waals surface area contributed by atoms with E-state index in [2.05, 4.69) is 92.2 Å². The van der Waals surface area contributed by atoms with Crippen LogP contribution in [0.1, 0.15) is 166 Å². The highest BCUT2D eigenvalue weighted by atomic mass is 15.1. The Morgan fingerprint density at radius 2 is 1.09 bits per heavy atom. The molecule has 0 radical (unpaired) electrons. The average molecular weight is 585 g/mol. The first-order valence-corrected chi connectivity index (χ1v) is 18.3. The van der Waals surface area contributed by atoms with Gasteiger partial charge in [-0.3, -0.25) is 0 Å². The molecule has 2 atom stereocenters. The first-order valence-electron chi connectivity index (χ1n) is 18.3. The highest BCUT2D eigenvalue weighted by molar-refractivity contribution is 5.33. The largest absolute Gasteiger partial charge is 0.335 e. The Hall–Kier alpha value is -2.35. The van der Waals surface area contributed by atoms with Crippen molar-refractivity contribution in [1.82, 2.24) is 9.55 Å². The summed E-state index contributed by atoms with van der Waals surface area (Å²) in [6.07, 6.45) is 31.7. The van der Waals surface area contributed by atoms with Crippen LogP contribution in [-0.4, -0.2) is 9.55 Å². The molecule has 0 amide bonds. The van der Waals surface area contributed by atoms with E-state index >= 15 is 0 Å². The average Bonchev–Trinajstić information content (AvgIpc) is 3.50. The summed E-state index contributed by atoms with van der Waals surface area (Å²) in [5, 5.41) is 0. The van der Waals surface area contributed by atoms with Crippen LogP contribution >= 0.6 is 0 Å². The minimum Gasteiger partial charge on any atom is -0.335 e. The quantitative estimate of drug-likeness (QED) is 0.0906. The van der Waals surface area contributed by atoms with Crippen LogP contribution in [0.15, 0.2) is 73.1 Å². The standard InChI is InChI=1S/C41H64N2/c1-4-6-7-8-9-10-11-12-13-14-15-16-17-18-19-20-27-34-43-35-33-42-40(43)39(28-5-2)41(3,38-31-25-22-26-32-38)36-37-29-23-21-24-30-37/h21-26,29-33,35,39H,4-20,27-28,34,36H2,1-3H3. The summed E-state index contributed by atoms with van der Waals surface area (Å²) in [6, 6.07) is 22.2. The summed E-state index contributed by atoms with van der Waals surface area (Å²) >= 11 is 0. The van der Waals surface area contributed by atoms with E-state index in [9.17, 15) is 0 Å². The third-order valence-corrected chi connectivity index (χ3v) is 9.76. The number of nitrogens with zero attached hydrogens (tertiary/aromatic N) is 2. The van der Waals surface area contributed by atoms with Crippen LogP contribution < -0.4 is 0 Å². The normalized spacial score (nSPS) is 13.7. The van der Waals surface area contributed by atoms with Crippen molar-refractivity contribution in [2.75, 3.05) is 0 Å². The Balaban J connectivity index is 1.40. The van der Waals surface area contributed by atoms with Crippen LogP contribution in [0.25, 0.3) is 0 Å². The molecule has 2 unspecified atom stereocenters. The number of rotatable bonds is 25. The van der Waals surface area contributed by atoms with Crippen LogP contribution in [0.3, 0.4) is 0 Å². The van der Waals surface area contributed by atoms with Crippen molar-refractivity contribution >= 4 is 0 Å². The molecule has 43 heavy (non-hydrogen) atoms. The number of imidazole rings is 1. The molecule has 238 valence electrons. The lowest BCUT2D eigenvalue weighted by Crippen LogP contribution is -2.35. The second-order valence-corrected chi connectivity index (χ2v) is 13.4. The van der Waals surface area contributed by atoms with Crippen LogP contribution in [0.2, 0.25) is 0 Å². The molecular formula is C41H64N2. The van der Waals surface area contributed by atoms with Gasteiger partial charge in [0.1, 0.15) is 5.82 Å². The lowest BCUT2D eigenvalue weighted by Gasteiger charge is -2.39. The van der Waals surface area contributed by atoms with Crippen molar-refractivity contribution in [3.8, 4) is 0 Å². The second-order valence-electron chi connectivity index (χ2n) is 13.4. The van der Waals surface area contributed by atoms with Crippen LogP contribution in [-0.2, 0) is 18.4 Å². The van der Waals surface area contributed by atoms with Gasteiger partial charge in [0.2, 0.25) is 0 Å². The van der Waals surface area contributed by atoms with Crippen molar-refractivity contribution < 1.29 is 0 Å². The molecule has 0 aliphatic heterocycles. The Labute approximate surface area is 266 Å². The first kappa shape index (κ1) is 35.1. The third-order valence-electron chi connectivity index (χ3n) is 9.76. The minimum absolute atomic E-state index is 0.0179. The molecule has 2 aromatic carbocycles. The fourth-order valence-electron chi connectivity index (χ4n) is 7.11. The number of benzene rings is 2. The maximum atomic E-state index is 5.03. The number of unbranched alkanes of at least 4 members (excludes halogenated alkanes) is 16. The van der Waals surface area contributed by atoms with Gasteiger partial charge in [0.15, 0.2) is 0 Å². The lowest BCUT2D eigenvalue weighted by atomic mass is 9.66. The van der Waals surface area contributed by atoms with Crippen LogP contribution in [0, 0.1) is 0 Å². The maximum absolute atomic E-state index is 5.03. The monoisotopic (exact) mass is 585 g/mol. The first-order chi connectivity index (χ1) is 21.2. The van der Waals surface area contributed by atoms with Gasteiger partial charge in [-0.1, -0.05) is 191 Å². The fourth-order valence-corrected chi connectivity index (χ4v) is 7.11. The second kappa shape index (κ2) is 21.4. The van der Waals surface area contributed by atoms with Gasteiger partial charge < -0.3 is 4.57 Å². The topological polar surface area (TPSA) is 17.8 Å². The van der Waals surface area contributed by atoms with E-state index in [4.69, 9.17) is 4.98 Å². The fraction of sp³-hybridized carbons (Fsp3) is 0.634. The summed E-state index contributed by atoms with van der Waals surface area (Å²) in [7, 11) is 0. The Bertz CT molecular complexity index is 1060. The van der Waals surface area contributed by atoms with E-state index in [-0.39, 0.29) is 5.41 Å². The number of aryl methyl sites for hydroxylation is 1. The van der Waals surface area contributed by atoms with Crippen molar-refractivity contribution in [1.29, 1.82) is 0 Å².